The van der Waals surface area contributed by atoms with Gasteiger partial charge in [0, 0.05) is 0 Å². The van der Waals surface area contributed by atoms with Gasteiger partial charge in [-0.1, -0.05) is 12.8 Å². The molecule has 21 heavy (non-hydrogen) atoms. The van der Waals surface area contributed by atoms with Gasteiger partial charge in [-0.2, -0.15) is 13.2 Å². The van der Waals surface area contributed by atoms with E-state index in [4.69, 9.17) is 0 Å². The topological polar surface area (TPSA) is 82.2 Å². The van der Waals surface area contributed by atoms with Crippen LogP contribution in [-0.2, 0) is 6.18 Å². The van der Waals surface area contributed by atoms with Crippen molar-refractivity contribution >= 4 is 5.91 Å². The first-order chi connectivity index (χ1) is 9.77. The Morgan fingerprint density at radius 2 is 1.95 bits per heavy atom. The van der Waals surface area contributed by atoms with Gasteiger partial charge in [0.05, 0.1) is 12.1 Å². The molecule has 0 saturated heterocycles. The Bertz CT molecular complexity index is 589. The second-order valence-electron chi connectivity index (χ2n) is 5.21. The highest BCUT2D eigenvalue weighted by Gasteiger charge is 2.36. The van der Waals surface area contributed by atoms with Crippen molar-refractivity contribution < 1.29 is 23.1 Å². The molecule has 0 aromatic carbocycles. The average molecular weight is 304 g/mol. The average Bonchev–Trinajstić information content (AvgIpc) is 2.86. The summed E-state index contributed by atoms with van der Waals surface area (Å²) >= 11 is 0. The van der Waals surface area contributed by atoms with E-state index in [1.807, 2.05) is 0 Å². The largest absolute Gasteiger partial charge is 0.431 e. The van der Waals surface area contributed by atoms with Crippen molar-refractivity contribution in [2.24, 2.45) is 0 Å². The molecule has 8 heteroatoms. The van der Waals surface area contributed by atoms with E-state index in [1.165, 1.54) is 0 Å². The van der Waals surface area contributed by atoms with Crippen molar-refractivity contribution in [3.05, 3.63) is 33.7 Å². The second kappa shape index (κ2) is 5.51. The van der Waals surface area contributed by atoms with E-state index in [-0.39, 0.29) is 6.61 Å². The minimum atomic E-state index is -4.67. The van der Waals surface area contributed by atoms with Gasteiger partial charge in [-0.25, -0.2) is 0 Å². The zero-order valence-electron chi connectivity index (χ0n) is 11.1. The Morgan fingerprint density at radius 1 is 1.33 bits per heavy atom. The number of hydrogen-bond acceptors (Lipinski definition) is 3. The molecule has 1 aromatic rings. The smallest absolute Gasteiger partial charge is 0.394 e. The number of carbonyl (C=O) groups is 1. The molecular weight excluding hydrogens is 289 g/mol. The van der Waals surface area contributed by atoms with Crippen molar-refractivity contribution in [3.8, 4) is 0 Å². The van der Waals surface area contributed by atoms with Crippen LogP contribution in [0.2, 0.25) is 0 Å². The molecule has 1 aliphatic rings. The SMILES string of the molecule is O=C(NC1(CO)CCCC1)c1ccc(C(F)(F)F)[nH]c1=O. The number of rotatable bonds is 3. The lowest BCUT2D eigenvalue weighted by Crippen LogP contribution is -2.50. The van der Waals surface area contributed by atoms with Crippen LogP contribution in [0.5, 0.6) is 0 Å². The first-order valence-electron chi connectivity index (χ1n) is 6.51. The monoisotopic (exact) mass is 304 g/mol. The van der Waals surface area contributed by atoms with Crippen LogP contribution < -0.4 is 10.9 Å². The van der Waals surface area contributed by atoms with Crippen molar-refractivity contribution in [1.82, 2.24) is 10.3 Å². The lowest BCUT2D eigenvalue weighted by molar-refractivity contribution is -0.141. The summed E-state index contributed by atoms with van der Waals surface area (Å²) in [6, 6.07) is 1.49. The lowest BCUT2D eigenvalue weighted by Gasteiger charge is -2.27. The highest BCUT2D eigenvalue weighted by Crippen LogP contribution is 2.29. The third kappa shape index (κ3) is 3.26. The Labute approximate surface area is 118 Å². The minimum Gasteiger partial charge on any atom is -0.394 e. The van der Waals surface area contributed by atoms with Gasteiger partial charge >= 0.3 is 6.18 Å². The number of nitrogens with one attached hydrogen (secondary N) is 2. The van der Waals surface area contributed by atoms with Gasteiger partial charge in [-0.15, -0.1) is 0 Å². The summed E-state index contributed by atoms with van der Waals surface area (Å²) in [5.74, 6) is -0.777. The lowest BCUT2D eigenvalue weighted by atomic mass is 9.98. The van der Waals surface area contributed by atoms with Gasteiger partial charge < -0.3 is 15.4 Å². The van der Waals surface area contributed by atoms with Gasteiger partial charge in [0.15, 0.2) is 0 Å². The first kappa shape index (κ1) is 15.6. The van der Waals surface area contributed by atoms with Crippen LogP contribution in [0.4, 0.5) is 13.2 Å². The summed E-state index contributed by atoms with van der Waals surface area (Å²) in [5, 5.41) is 12.0. The molecule has 1 fully saturated rings. The zero-order valence-corrected chi connectivity index (χ0v) is 11.1. The molecule has 5 nitrogen and oxygen atoms in total. The number of aromatic amines is 1. The van der Waals surface area contributed by atoms with Gasteiger partial charge in [-0.3, -0.25) is 9.59 Å². The van der Waals surface area contributed by atoms with Gasteiger partial charge in [0.25, 0.3) is 11.5 Å². The molecule has 2 rings (SSSR count). The summed E-state index contributed by atoms with van der Waals surface area (Å²) in [6.45, 7) is -0.267. The predicted molar refractivity (Wildman–Crippen MR) is 67.8 cm³/mol. The highest BCUT2D eigenvalue weighted by molar-refractivity contribution is 5.94. The quantitative estimate of drug-likeness (QED) is 0.790. The van der Waals surface area contributed by atoms with Crippen LogP contribution in [0.3, 0.4) is 0 Å². The molecule has 0 atom stereocenters. The Kier molecular flexibility index (Phi) is 4.08. The summed E-state index contributed by atoms with van der Waals surface area (Å²) in [6.07, 6.45) is -1.85. The number of H-pyrrole nitrogens is 1. The second-order valence-corrected chi connectivity index (χ2v) is 5.21. The van der Waals surface area contributed by atoms with Gasteiger partial charge in [0.2, 0.25) is 0 Å². The number of hydrogen-bond donors (Lipinski definition) is 3. The van der Waals surface area contributed by atoms with E-state index in [1.54, 1.807) is 4.98 Å². The van der Waals surface area contributed by atoms with Crippen molar-refractivity contribution in [1.29, 1.82) is 0 Å². The minimum absolute atomic E-state index is 0.267. The van der Waals surface area contributed by atoms with Crippen LogP contribution >= 0.6 is 0 Å². The molecule has 1 aromatic heterocycles. The molecule has 0 radical (unpaired) electrons. The Morgan fingerprint density at radius 3 is 2.43 bits per heavy atom. The molecule has 1 aliphatic carbocycles. The van der Waals surface area contributed by atoms with Crippen molar-refractivity contribution in [2.75, 3.05) is 6.61 Å². The van der Waals surface area contributed by atoms with E-state index >= 15 is 0 Å². The van der Waals surface area contributed by atoms with E-state index in [2.05, 4.69) is 5.32 Å². The summed E-state index contributed by atoms with van der Waals surface area (Å²) in [4.78, 5) is 25.3. The van der Waals surface area contributed by atoms with Gasteiger partial charge in [0.1, 0.15) is 11.3 Å². The normalized spacial score (nSPS) is 17.7. The maximum Gasteiger partial charge on any atom is 0.431 e. The van der Waals surface area contributed by atoms with Crippen LogP contribution in [-0.4, -0.2) is 28.1 Å². The number of carbonyl (C=O) groups excluding carboxylic acids is 1. The van der Waals surface area contributed by atoms with E-state index in [9.17, 15) is 27.9 Å². The highest BCUT2D eigenvalue weighted by atomic mass is 19.4. The molecule has 1 saturated carbocycles. The maximum atomic E-state index is 12.4. The van der Waals surface area contributed by atoms with E-state index < -0.39 is 34.4 Å². The number of amides is 1. The molecule has 1 heterocycles. The number of halogens is 3. The summed E-state index contributed by atoms with van der Waals surface area (Å²) in [7, 11) is 0. The van der Waals surface area contributed by atoms with E-state index in [0.29, 0.717) is 18.9 Å². The number of aliphatic hydroxyl groups excluding tert-OH is 1. The Hall–Kier alpha value is -1.83. The Balaban J connectivity index is 2.22. The molecule has 3 N–H and O–H groups in total. The zero-order chi connectivity index (χ0) is 15.7. The number of aromatic nitrogens is 1. The number of pyridine rings is 1. The third-order valence-electron chi connectivity index (χ3n) is 3.70. The molecular formula is C13H15F3N2O3. The van der Waals surface area contributed by atoms with Crippen LogP contribution in [0.15, 0.2) is 16.9 Å². The fraction of sp³-hybridized carbons (Fsp3) is 0.538. The standard InChI is InChI=1S/C13H15F3N2O3/c14-13(15,16)9-4-3-8(10(20)17-9)11(21)18-12(7-19)5-1-2-6-12/h3-4,19H,1-2,5-7H2,(H,17,20)(H,18,21). The third-order valence-corrected chi connectivity index (χ3v) is 3.70. The summed E-state index contributed by atoms with van der Waals surface area (Å²) in [5.41, 5.74) is -3.50. The fourth-order valence-electron chi connectivity index (χ4n) is 2.50. The molecule has 0 unspecified atom stereocenters. The molecule has 0 aliphatic heterocycles. The molecule has 1 amide bonds. The molecule has 0 spiro atoms. The number of aliphatic hydroxyl groups is 1. The predicted octanol–water partition coefficient (Wildman–Crippen LogP) is 1.43. The molecule has 0 bridgehead atoms. The summed E-state index contributed by atoms with van der Waals surface area (Å²) < 4.78 is 37.3. The number of alkyl halides is 3. The molecule has 116 valence electrons. The first-order valence-corrected chi connectivity index (χ1v) is 6.51. The van der Waals surface area contributed by atoms with Crippen LogP contribution in [0, 0.1) is 0 Å². The van der Waals surface area contributed by atoms with Crippen molar-refractivity contribution in [2.45, 2.75) is 37.4 Å². The maximum absolute atomic E-state index is 12.4. The van der Waals surface area contributed by atoms with Crippen LogP contribution in [0.1, 0.15) is 41.7 Å². The van der Waals surface area contributed by atoms with Gasteiger partial charge in [-0.05, 0) is 25.0 Å². The van der Waals surface area contributed by atoms with Crippen molar-refractivity contribution in [3.63, 3.8) is 0 Å². The fourth-order valence-corrected chi connectivity index (χ4v) is 2.50. The van der Waals surface area contributed by atoms with E-state index in [0.717, 1.165) is 18.9 Å². The van der Waals surface area contributed by atoms with Crippen LogP contribution in [0.25, 0.3) is 0 Å².